The number of ether oxygens (including phenoxy) is 1. The summed E-state index contributed by atoms with van der Waals surface area (Å²) < 4.78 is 7.17. The summed E-state index contributed by atoms with van der Waals surface area (Å²) in [4.78, 5) is 10.3. The third-order valence-corrected chi connectivity index (χ3v) is 3.70. The van der Waals surface area contributed by atoms with Gasteiger partial charge in [0.2, 0.25) is 0 Å². The molecule has 4 atom stereocenters. The largest absolute Gasteiger partial charge is 0.394 e. The number of anilines is 1. The average molecular weight is 294 g/mol. The van der Waals surface area contributed by atoms with Crippen LogP contribution in [0.1, 0.15) is 6.23 Å². The molecule has 1 aliphatic rings. The monoisotopic (exact) mass is 294 g/mol. The summed E-state index contributed by atoms with van der Waals surface area (Å²) >= 11 is 0. The number of hydrogen-bond donors (Lipinski definition) is 3. The van der Waals surface area contributed by atoms with E-state index in [2.05, 4.69) is 9.97 Å². The Morgan fingerprint density at radius 3 is 2.67 bits per heavy atom. The van der Waals surface area contributed by atoms with E-state index in [0.717, 1.165) is 11.2 Å². The van der Waals surface area contributed by atoms with E-state index in [-0.39, 0.29) is 6.61 Å². The fourth-order valence-electron chi connectivity index (χ4n) is 2.63. The highest BCUT2D eigenvalue weighted by Gasteiger charge is 2.43. The molecule has 1 saturated heterocycles. The van der Waals surface area contributed by atoms with E-state index in [9.17, 15) is 10.2 Å². The van der Waals surface area contributed by atoms with Crippen LogP contribution in [0.2, 0.25) is 0 Å². The van der Waals surface area contributed by atoms with Gasteiger partial charge in [-0.3, -0.25) is 0 Å². The van der Waals surface area contributed by atoms with Gasteiger partial charge in [-0.15, -0.1) is 0 Å². The molecule has 0 saturated carbocycles. The molecule has 3 N–H and O–H groups in total. The van der Waals surface area contributed by atoms with Crippen molar-refractivity contribution >= 4 is 16.9 Å². The molecule has 0 bridgehead atoms. The summed E-state index contributed by atoms with van der Waals surface area (Å²) in [6.45, 7) is -0.355. The molecule has 0 aliphatic carbocycles. The average Bonchev–Trinajstić information content (AvgIpc) is 3.01. The van der Waals surface area contributed by atoms with Crippen molar-refractivity contribution in [3.8, 4) is 0 Å². The SMILES string of the molecule is CN(C)c1ncnc2c1ccn2[C@@H]1O[C@H](CO)[C@@H](O)[C@H]1O. The maximum Gasteiger partial charge on any atom is 0.164 e. The van der Waals surface area contributed by atoms with Crippen molar-refractivity contribution in [2.75, 3.05) is 25.6 Å². The topological polar surface area (TPSA) is 104 Å². The Morgan fingerprint density at radius 1 is 1.29 bits per heavy atom. The second-order valence-corrected chi connectivity index (χ2v) is 5.28. The molecule has 8 nitrogen and oxygen atoms in total. The van der Waals surface area contributed by atoms with Crippen LogP contribution in [-0.4, -0.2) is 68.9 Å². The van der Waals surface area contributed by atoms with Crippen LogP contribution in [0.4, 0.5) is 5.82 Å². The Balaban J connectivity index is 2.04. The molecule has 0 aromatic carbocycles. The zero-order valence-electron chi connectivity index (χ0n) is 11.8. The van der Waals surface area contributed by atoms with E-state index in [0.29, 0.717) is 5.65 Å². The Bertz CT molecular complexity index is 644. The van der Waals surface area contributed by atoms with Crippen molar-refractivity contribution in [3.05, 3.63) is 18.6 Å². The van der Waals surface area contributed by atoms with Gasteiger partial charge in [0.05, 0.1) is 12.0 Å². The fraction of sp³-hybridized carbons (Fsp3) is 0.538. The van der Waals surface area contributed by atoms with Crippen molar-refractivity contribution in [1.29, 1.82) is 0 Å². The maximum atomic E-state index is 10.1. The molecular weight excluding hydrogens is 276 g/mol. The lowest BCUT2D eigenvalue weighted by molar-refractivity contribution is -0.0508. The number of hydrogen-bond acceptors (Lipinski definition) is 7. The number of fused-ring (bicyclic) bond motifs is 1. The number of nitrogens with zero attached hydrogens (tertiary/aromatic N) is 4. The molecule has 2 aromatic heterocycles. The smallest absolute Gasteiger partial charge is 0.164 e. The zero-order chi connectivity index (χ0) is 15.1. The first-order chi connectivity index (χ1) is 10.0. The third-order valence-electron chi connectivity index (χ3n) is 3.70. The van der Waals surface area contributed by atoms with Gasteiger partial charge in [-0.25, -0.2) is 9.97 Å². The Morgan fingerprint density at radius 2 is 2.05 bits per heavy atom. The van der Waals surface area contributed by atoms with Crippen molar-refractivity contribution in [3.63, 3.8) is 0 Å². The molecule has 8 heteroatoms. The Hall–Kier alpha value is -1.74. The van der Waals surface area contributed by atoms with Gasteiger partial charge in [0.25, 0.3) is 0 Å². The van der Waals surface area contributed by atoms with Gasteiger partial charge in [0, 0.05) is 20.3 Å². The van der Waals surface area contributed by atoms with Gasteiger partial charge in [0.15, 0.2) is 6.23 Å². The standard InChI is InChI=1S/C13H18N4O4/c1-16(2)11-7-3-4-17(12(7)15-6-14-11)13-10(20)9(19)8(5-18)21-13/h3-4,6,8-10,13,18-20H,5H2,1-2H3/t8-,9-,10-,13-/m1/s1. The van der Waals surface area contributed by atoms with Gasteiger partial charge in [0.1, 0.15) is 36.1 Å². The molecule has 1 aliphatic heterocycles. The van der Waals surface area contributed by atoms with Crippen molar-refractivity contribution < 1.29 is 20.1 Å². The van der Waals surface area contributed by atoms with Crippen LogP contribution in [-0.2, 0) is 4.74 Å². The predicted octanol–water partition coefficient (Wildman–Crippen LogP) is -0.891. The lowest BCUT2D eigenvalue weighted by Crippen LogP contribution is -2.33. The molecule has 3 rings (SSSR count). The first-order valence-electron chi connectivity index (χ1n) is 6.66. The van der Waals surface area contributed by atoms with Crippen molar-refractivity contribution in [2.24, 2.45) is 0 Å². The van der Waals surface area contributed by atoms with E-state index < -0.39 is 24.5 Å². The number of aromatic nitrogens is 3. The molecule has 21 heavy (non-hydrogen) atoms. The summed E-state index contributed by atoms with van der Waals surface area (Å²) in [5.74, 6) is 0.755. The van der Waals surface area contributed by atoms with Crippen LogP contribution < -0.4 is 4.90 Å². The molecule has 3 heterocycles. The summed E-state index contributed by atoms with van der Waals surface area (Å²) in [5.41, 5.74) is 0.600. The molecule has 1 fully saturated rings. The van der Waals surface area contributed by atoms with Crippen LogP contribution in [0, 0.1) is 0 Å². The predicted molar refractivity (Wildman–Crippen MR) is 74.9 cm³/mol. The third kappa shape index (κ3) is 2.16. The van der Waals surface area contributed by atoms with E-state index in [1.807, 2.05) is 25.1 Å². The molecule has 2 aromatic rings. The van der Waals surface area contributed by atoms with Gasteiger partial charge >= 0.3 is 0 Å². The summed E-state index contributed by atoms with van der Waals surface area (Å²) in [6, 6.07) is 1.83. The molecule has 0 unspecified atom stereocenters. The van der Waals surface area contributed by atoms with Crippen LogP contribution in [0.3, 0.4) is 0 Å². The van der Waals surface area contributed by atoms with Crippen molar-refractivity contribution in [2.45, 2.75) is 24.5 Å². The fourth-order valence-corrected chi connectivity index (χ4v) is 2.63. The second-order valence-electron chi connectivity index (χ2n) is 5.28. The minimum atomic E-state index is -1.13. The normalized spacial score (nSPS) is 29.2. The first-order valence-corrected chi connectivity index (χ1v) is 6.66. The summed E-state index contributed by atoms with van der Waals surface area (Å²) in [5, 5.41) is 29.9. The minimum absolute atomic E-state index is 0.355. The van der Waals surface area contributed by atoms with Gasteiger partial charge in [-0.1, -0.05) is 0 Å². The number of rotatable bonds is 3. The van der Waals surface area contributed by atoms with Crippen LogP contribution in [0.15, 0.2) is 18.6 Å². The number of aliphatic hydroxyl groups is 3. The molecule has 114 valence electrons. The second kappa shape index (κ2) is 5.23. The first kappa shape index (κ1) is 14.2. The minimum Gasteiger partial charge on any atom is -0.394 e. The van der Waals surface area contributed by atoms with Crippen LogP contribution >= 0.6 is 0 Å². The Labute approximate surface area is 121 Å². The summed E-state index contributed by atoms with van der Waals surface area (Å²) in [7, 11) is 3.76. The van der Waals surface area contributed by atoms with E-state index in [1.54, 1.807) is 10.8 Å². The van der Waals surface area contributed by atoms with Gasteiger partial charge in [-0.05, 0) is 6.07 Å². The Kier molecular flexibility index (Phi) is 3.54. The molecule has 0 amide bonds. The molecular formula is C13H18N4O4. The van der Waals surface area contributed by atoms with Crippen molar-refractivity contribution in [1.82, 2.24) is 14.5 Å². The highest BCUT2D eigenvalue weighted by Crippen LogP contribution is 2.33. The van der Waals surface area contributed by atoms with Crippen LogP contribution in [0.5, 0.6) is 0 Å². The van der Waals surface area contributed by atoms with E-state index in [1.165, 1.54) is 6.33 Å². The van der Waals surface area contributed by atoms with E-state index >= 15 is 0 Å². The van der Waals surface area contributed by atoms with Crippen LogP contribution in [0.25, 0.3) is 11.0 Å². The molecule has 0 spiro atoms. The highest BCUT2D eigenvalue weighted by atomic mass is 16.6. The lowest BCUT2D eigenvalue weighted by atomic mass is 10.1. The number of aliphatic hydroxyl groups excluding tert-OH is 3. The quantitative estimate of drug-likeness (QED) is 0.674. The zero-order valence-corrected chi connectivity index (χ0v) is 11.8. The maximum absolute atomic E-state index is 10.1. The lowest BCUT2D eigenvalue weighted by Gasteiger charge is -2.18. The van der Waals surface area contributed by atoms with E-state index in [4.69, 9.17) is 9.84 Å². The van der Waals surface area contributed by atoms with Gasteiger partial charge < -0.3 is 29.5 Å². The summed E-state index contributed by atoms with van der Waals surface area (Å²) in [6.07, 6.45) is -0.692. The molecule has 0 radical (unpaired) electrons. The van der Waals surface area contributed by atoms with Gasteiger partial charge in [-0.2, -0.15) is 0 Å². The highest BCUT2D eigenvalue weighted by molar-refractivity contribution is 5.87.